The normalized spacial score (nSPS) is 25.6. The summed E-state index contributed by atoms with van der Waals surface area (Å²) in [7, 11) is 1.53. The second-order valence-corrected chi connectivity index (χ2v) is 14.0. The molecule has 2 atom stereocenters. The van der Waals surface area contributed by atoms with Crippen LogP contribution < -0.4 is 3.53 Å². The van der Waals surface area contributed by atoms with Gasteiger partial charge in [0.05, 0.1) is 0 Å². The van der Waals surface area contributed by atoms with Crippen LogP contribution in [0.5, 0.6) is 0 Å². The molecule has 6 heteroatoms. The zero-order valence-corrected chi connectivity index (χ0v) is 13.2. The molecule has 0 bridgehead atoms. The van der Waals surface area contributed by atoms with Crippen molar-refractivity contribution in [3.8, 4) is 0 Å². The van der Waals surface area contributed by atoms with Crippen LogP contribution in [0, 0.1) is 0 Å². The summed E-state index contributed by atoms with van der Waals surface area (Å²) in [6, 6.07) is 0. The van der Waals surface area contributed by atoms with Gasteiger partial charge in [0.2, 0.25) is 0 Å². The van der Waals surface area contributed by atoms with Gasteiger partial charge in [-0.05, 0) is 0 Å². The van der Waals surface area contributed by atoms with Crippen molar-refractivity contribution in [2.75, 3.05) is 28.7 Å². The van der Waals surface area contributed by atoms with Crippen LogP contribution in [-0.2, 0) is 14.3 Å². The molecule has 14 heavy (non-hydrogen) atoms. The van der Waals surface area contributed by atoms with Crippen LogP contribution in [0.1, 0.15) is 0 Å². The summed E-state index contributed by atoms with van der Waals surface area (Å²) in [5, 5.41) is 0. The summed E-state index contributed by atoms with van der Waals surface area (Å²) in [4.78, 5) is 18.4. The molecule has 0 aliphatic carbocycles. The van der Waals surface area contributed by atoms with Crippen LogP contribution in [0.25, 0.3) is 0 Å². The Labute approximate surface area is 99.6 Å². The van der Waals surface area contributed by atoms with Gasteiger partial charge in [0.25, 0.3) is 0 Å². The number of hydrogen-bond donors (Lipinski definition) is 1. The first-order valence-corrected chi connectivity index (χ1v) is 14.1. The van der Waals surface area contributed by atoms with Crippen LogP contribution in [0.15, 0.2) is 0 Å². The molecule has 2 unspecified atom stereocenters. The molecular formula is C8H17I2NO3. The topological polar surface area (TPSA) is 57.5 Å². The van der Waals surface area contributed by atoms with E-state index < -0.39 is 39.9 Å². The third-order valence-electron chi connectivity index (χ3n) is 1.85. The number of rotatable bonds is 5. The van der Waals surface area contributed by atoms with Crippen LogP contribution in [-0.4, -0.2) is 42.6 Å². The SMILES string of the molecule is COCOC(=O)C(C1NI1C)I(C)C. The Morgan fingerprint density at radius 3 is 2.57 bits per heavy atom. The zero-order chi connectivity index (χ0) is 10.7. The molecule has 1 fully saturated rings. The van der Waals surface area contributed by atoms with Crippen molar-refractivity contribution in [3.63, 3.8) is 0 Å². The monoisotopic (exact) mass is 429 g/mol. The average Bonchev–Trinajstić information content (AvgIpc) is 2.78. The average molecular weight is 429 g/mol. The number of hydrogen-bond acceptors (Lipinski definition) is 4. The summed E-state index contributed by atoms with van der Waals surface area (Å²) in [5.41, 5.74) is 0. The first-order valence-electron chi connectivity index (χ1n) is 4.06. The number of halogens is 2. The second kappa shape index (κ2) is 5.80. The molecule has 1 heterocycles. The van der Waals surface area contributed by atoms with Gasteiger partial charge >= 0.3 is 100 Å². The number of esters is 1. The summed E-state index contributed by atoms with van der Waals surface area (Å²) in [6.45, 7) is 0.0873. The van der Waals surface area contributed by atoms with Crippen LogP contribution in [0.2, 0.25) is 0 Å². The van der Waals surface area contributed by atoms with Gasteiger partial charge in [-0.15, -0.1) is 0 Å². The molecule has 0 aromatic rings. The van der Waals surface area contributed by atoms with Crippen molar-refractivity contribution in [1.82, 2.24) is 3.53 Å². The van der Waals surface area contributed by atoms with Gasteiger partial charge in [-0.3, -0.25) is 0 Å². The van der Waals surface area contributed by atoms with Gasteiger partial charge < -0.3 is 0 Å². The van der Waals surface area contributed by atoms with Crippen LogP contribution >= 0.6 is 39.9 Å². The molecule has 1 aliphatic heterocycles. The third-order valence-corrected chi connectivity index (χ3v) is 11.2. The molecule has 0 saturated carbocycles. The molecule has 4 nitrogen and oxygen atoms in total. The van der Waals surface area contributed by atoms with Crippen LogP contribution in [0.3, 0.4) is 0 Å². The first kappa shape index (κ1) is 12.9. The van der Waals surface area contributed by atoms with Gasteiger partial charge in [0, 0.05) is 0 Å². The molecule has 0 aromatic heterocycles. The Bertz CT molecular complexity index is 213. The summed E-state index contributed by atoms with van der Waals surface area (Å²) in [6.07, 6.45) is 0. The van der Waals surface area contributed by atoms with E-state index in [4.69, 9.17) is 9.47 Å². The molecule has 86 valence electrons. The van der Waals surface area contributed by atoms with Crippen molar-refractivity contribution < 1.29 is 14.3 Å². The van der Waals surface area contributed by atoms with Gasteiger partial charge in [-0.1, -0.05) is 0 Å². The molecule has 1 aliphatic rings. The fourth-order valence-electron chi connectivity index (χ4n) is 1.08. The van der Waals surface area contributed by atoms with Crippen molar-refractivity contribution in [2.45, 2.75) is 7.97 Å². The molecule has 1 rings (SSSR count). The maximum absolute atomic E-state index is 11.7. The molecule has 0 amide bonds. The van der Waals surface area contributed by atoms with E-state index >= 15 is 0 Å². The standard InChI is InChI=1S/C8H17I2NO3/c1-9(2)6(7-10(3)11-7)8(12)14-5-13-4/h6-7,11H,5H2,1-4H3. The maximum atomic E-state index is 11.7. The Morgan fingerprint density at radius 1 is 1.64 bits per heavy atom. The number of carbonyl (C=O) groups is 1. The Kier molecular flexibility index (Phi) is 5.36. The van der Waals surface area contributed by atoms with Crippen LogP contribution in [0.4, 0.5) is 0 Å². The predicted octanol–water partition coefficient (Wildman–Crippen LogP) is 1.25. The number of ether oxygens (including phenoxy) is 2. The summed E-state index contributed by atoms with van der Waals surface area (Å²) in [5.74, 6) is -0.0544. The minimum atomic E-state index is -1.14. The van der Waals surface area contributed by atoms with E-state index in [2.05, 4.69) is 18.3 Å². The van der Waals surface area contributed by atoms with E-state index in [1.54, 1.807) is 0 Å². The molecule has 0 radical (unpaired) electrons. The number of carbonyl (C=O) groups excluding carboxylic acids is 1. The van der Waals surface area contributed by atoms with E-state index in [0.717, 1.165) is 0 Å². The van der Waals surface area contributed by atoms with E-state index in [1.165, 1.54) is 7.11 Å². The Hall–Kier alpha value is 0.850. The molecule has 1 saturated heterocycles. The van der Waals surface area contributed by atoms with Gasteiger partial charge in [0.15, 0.2) is 0 Å². The van der Waals surface area contributed by atoms with Crippen molar-refractivity contribution >= 4 is 45.9 Å². The van der Waals surface area contributed by atoms with E-state index in [0.29, 0.717) is 4.05 Å². The van der Waals surface area contributed by atoms with Crippen molar-refractivity contribution in [2.24, 2.45) is 0 Å². The Balaban J connectivity index is 2.46. The molecule has 1 N–H and O–H groups in total. The van der Waals surface area contributed by atoms with Gasteiger partial charge in [0.1, 0.15) is 0 Å². The quantitative estimate of drug-likeness (QED) is 0.136. The molecule has 0 spiro atoms. The van der Waals surface area contributed by atoms with E-state index in [1.807, 2.05) is 0 Å². The van der Waals surface area contributed by atoms with Crippen molar-refractivity contribution in [1.29, 1.82) is 0 Å². The van der Waals surface area contributed by atoms with Gasteiger partial charge in [-0.2, -0.15) is 0 Å². The van der Waals surface area contributed by atoms with Gasteiger partial charge in [-0.25, -0.2) is 0 Å². The molecular weight excluding hydrogens is 412 g/mol. The van der Waals surface area contributed by atoms with E-state index in [9.17, 15) is 4.79 Å². The second-order valence-electron chi connectivity index (χ2n) is 3.11. The fourth-order valence-corrected chi connectivity index (χ4v) is 14.8. The number of nitrogens with one attached hydrogen (secondary N) is 1. The van der Waals surface area contributed by atoms with Crippen molar-refractivity contribution in [3.05, 3.63) is 0 Å². The minimum absolute atomic E-state index is 0.0544. The Morgan fingerprint density at radius 2 is 2.21 bits per heavy atom. The fraction of sp³-hybridized carbons (Fsp3) is 0.875. The van der Waals surface area contributed by atoms with E-state index in [-0.39, 0.29) is 16.7 Å². The molecule has 0 aromatic carbocycles. The summed E-state index contributed by atoms with van der Waals surface area (Å²) < 4.78 is 13.9. The summed E-state index contributed by atoms with van der Waals surface area (Å²) >= 11 is -2.06. The first-order chi connectivity index (χ1) is 6.57. The zero-order valence-electron chi connectivity index (χ0n) is 8.84. The number of methoxy groups -OCH3 is 1. The third kappa shape index (κ3) is 3.46. The predicted molar refractivity (Wildman–Crippen MR) is 74.5 cm³/mol. The number of alkyl halides is 5.